The highest BCUT2D eigenvalue weighted by Crippen LogP contribution is 2.24. The van der Waals surface area contributed by atoms with Gasteiger partial charge in [0.05, 0.1) is 14.9 Å². The normalized spacial score (nSPS) is 12.8. The molecule has 0 heterocycles. The zero-order chi connectivity index (χ0) is 17.0. The molecule has 122 valence electrons. The summed E-state index contributed by atoms with van der Waals surface area (Å²) in [6, 6.07) is 11.8. The summed E-state index contributed by atoms with van der Waals surface area (Å²) in [5, 5.41) is 0.342. The monoisotopic (exact) mass is 372 g/mol. The maximum atomic E-state index is 12.4. The van der Waals surface area contributed by atoms with E-state index in [9.17, 15) is 13.2 Å². The van der Waals surface area contributed by atoms with E-state index in [1.54, 1.807) is 24.3 Å². The number of rotatable bonds is 6. The van der Waals surface area contributed by atoms with Gasteiger partial charge in [0.1, 0.15) is 6.04 Å². The van der Waals surface area contributed by atoms with Crippen molar-refractivity contribution in [2.24, 2.45) is 5.73 Å². The lowest BCUT2D eigenvalue weighted by Gasteiger charge is -2.16. The molecule has 0 aliphatic heterocycles. The van der Waals surface area contributed by atoms with Gasteiger partial charge < -0.3 is 5.73 Å². The van der Waals surface area contributed by atoms with Crippen molar-refractivity contribution in [3.63, 3.8) is 0 Å². The molecule has 1 unspecified atom stereocenters. The molecule has 1 atom stereocenters. The van der Waals surface area contributed by atoms with E-state index in [4.69, 9.17) is 28.9 Å². The van der Waals surface area contributed by atoms with Gasteiger partial charge in [0.2, 0.25) is 15.9 Å². The van der Waals surface area contributed by atoms with Crippen LogP contribution in [0.3, 0.4) is 0 Å². The Morgan fingerprint density at radius 2 is 1.74 bits per heavy atom. The highest BCUT2D eigenvalue weighted by atomic mass is 35.5. The molecule has 0 spiro atoms. The van der Waals surface area contributed by atoms with E-state index in [1.807, 2.05) is 6.07 Å². The van der Waals surface area contributed by atoms with E-state index in [1.165, 1.54) is 18.2 Å². The van der Waals surface area contributed by atoms with Crippen molar-refractivity contribution in [3.05, 3.63) is 64.1 Å². The first kappa shape index (κ1) is 17.7. The summed E-state index contributed by atoms with van der Waals surface area (Å²) in [6.07, 6.45) is 0.150. The van der Waals surface area contributed by atoms with Gasteiger partial charge in [-0.3, -0.25) is 4.79 Å². The van der Waals surface area contributed by atoms with E-state index in [-0.39, 0.29) is 21.4 Å². The van der Waals surface area contributed by atoms with Crippen LogP contribution in [-0.2, 0) is 21.2 Å². The third-order valence-electron chi connectivity index (χ3n) is 3.12. The topological polar surface area (TPSA) is 89.3 Å². The molecule has 23 heavy (non-hydrogen) atoms. The van der Waals surface area contributed by atoms with Crippen LogP contribution >= 0.6 is 23.2 Å². The van der Waals surface area contributed by atoms with Crippen LogP contribution < -0.4 is 10.5 Å². The molecule has 0 saturated heterocycles. The van der Waals surface area contributed by atoms with Gasteiger partial charge in [-0.05, 0) is 30.2 Å². The number of carbonyl (C=O) groups is 1. The number of carbonyl (C=O) groups excluding carboxylic acids is 1. The Morgan fingerprint density at radius 3 is 2.30 bits per heavy atom. The van der Waals surface area contributed by atoms with Crippen molar-refractivity contribution >= 4 is 39.1 Å². The Hall–Kier alpha value is -1.60. The first-order valence-corrected chi connectivity index (χ1v) is 8.84. The fourth-order valence-corrected chi connectivity index (χ4v) is 3.54. The Labute approximate surface area is 144 Å². The average Bonchev–Trinajstić information content (AvgIpc) is 2.50. The highest BCUT2D eigenvalue weighted by molar-refractivity contribution is 7.89. The van der Waals surface area contributed by atoms with Crippen molar-refractivity contribution in [3.8, 4) is 0 Å². The molecule has 0 aliphatic carbocycles. The van der Waals surface area contributed by atoms with Crippen molar-refractivity contribution in [1.29, 1.82) is 0 Å². The molecular weight excluding hydrogens is 359 g/mol. The number of benzene rings is 2. The van der Waals surface area contributed by atoms with Gasteiger partial charge in [-0.2, -0.15) is 4.72 Å². The van der Waals surface area contributed by atoms with Gasteiger partial charge in [-0.1, -0.05) is 53.5 Å². The molecule has 3 N–H and O–H groups in total. The molecule has 2 aromatic carbocycles. The van der Waals surface area contributed by atoms with Crippen molar-refractivity contribution in [2.45, 2.75) is 17.4 Å². The number of hydrogen-bond donors (Lipinski definition) is 2. The molecule has 0 radical (unpaired) electrons. The number of sulfonamides is 1. The molecular formula is C15H14Cl2N2O3S. The van der Waals surface area contributed by atoms with Gasteiger partial charge in [0.25, 0.3) is 0 Å². The standard InChI is InChI=1S/C15H14Cl2N2O3S/c16-12-7-6-11(9-13(12)17)23(21,22)19-14(15(18)20)8-10-4-2-1-3-5-10/h1-7,9,14,19H,8H2,(H2,18,20). The zero-order valence-electron chi connectivity index (χ0n) is 11.9. The molecule has 0 aliphatic rings. The van der Waals surface area contributed by atoms with Crippen LogP contribution in [0.15, 0.2) is 53.4 Å². The summed E-state index contributed by atoms with van der Waals surface area (Å²) in [4.78, 5) is 11.5. The van der Waals surface area contributed by atoms with E-state index >= 15 is 0 Å². The van der Waals surface area contributed by atoms with Gasteiger partial charge in [-0.25, -0.2) is 8.42 Å². The number of nitrogens with two attached hydrogens (primary N) is 1. The molecule has 5 nitrogen and oxygen atoms in total. The van der Waals surface area contributed by atoms with Gasteiger partial charge >= 0.3 is 0 Å². The molecule has 8 heteroatoms. The molecule has 2 rings (SSSR count). The summed E-state index contributed by atoms with van der Waals surface area (Å²) < 4.78 is 27.1. The van der Waals surface area contributed by atoms with Gasteiger partial charge in [0, 0.05) is 0 Å². The maximum absolute atomic E-state index is 12.4. The molecule has 0 saturated carbocycles. The van der Waals surface area contributed by atoms with Crippen molar-refractivity contribution in [2.75, 3.05) is 0 Å². The Kier molecular flexibility index (Phi) is 5.64. The number of primary amides is 1. The Morgan fingerprint density at radius 1 is 1.09 bits per heavy atom. The van der Waals surface area contributed by atoms with E-state index in [0.717, 1.165) is 5.56 Å². The Balaban J connectivity index is 2.24. The summed E-state index contributed by atoms with van der Waals surface area (Å²) in [5.41, 5.74) is 6.10. The minimum atomic E-state index is -3.96. The van der Waals surface area contributed by atoms with E-state index in [0.29, 0.717) is 0 Å². The second-order valence-corrected chi connectivity index (χ2v) is 7.37. The summed E-state index contributed by atoms with van der Waals surface area (Å²) in [6.45, 7) is 0. The third kappa shape index (κ3) is 4.68. The first-order chi connectivity index (χ1) is 10.8. The van der Waals surface area contributed by atoms with Crippen LogP contribution in [-0.4, -0.2) is 20.4 Å². The second-order valence-electron chi connectivity index (χ2n) is 4.84. The predicted octanol–water partition coefficient (Wildman–Crippen LogP) is 2.37. The minimum Gasteiger partial charge on any atom is -0.368 e. The smallest absolute Gasteiger partial charge is 0.241 e. The maximum Gasteiger partial charge on any atom is 0.241 e. The van der Waals surface area contributed by atoms with Crippen LogP contribution in [0.25, 0.3) is 0 Å². The molecule has 1 amide bonds. The van der Waals surface area contributed by atoms with Gasteiger partial charge in [0.15, 0.2) is 0 Å². The molecule has 0 fully saturated rings. The quantitative estimate of drug-likeness (QED) is 0.815. The van der Waals surface area contributed by atoms with E-state index < -0.39 is 22.0 Å². The fraction of sp³-hybridized carbons (Fsp3) is 0.133. The Bertz CT molecular complexity index is 811. The minimum absolute atomic E-state index is 0.0915. The first-order valence-electron chi connectivity index (χ1n) is 6.60. The number of amides is 1. The number of halogens is 2. The third-order valence-corrected chi connectivity index (χ3v) is 5.33. The van der Waals surface area contributed by atoms with Crippen molar-refractivity contribution in [1.82, 2.24) is 4.72 Å². The van der Waals surface area contributed by atoms with Crippen LogP contribution in [0, 0.1) is 0 Å². The average molecular weight is 373 g/mol. The molecule has 0 bridgehead atoms. The number of nitrogens with one attached hydrogen (secondary N) is 1. The lowest BCUT2D eigenvalue weighted by atomic mass is 10.1. The van der Waals surface area contributed by atoms with Crippen LogP contribution in [0.5, 0.6) is 0 Å². The summed E-state index contributed by atoms with van der Waals surface area (Å²) in [5.74, 6) is -0.766. The zero-order valence-corrected chi connectivity index (χ0v) is 14.2. The SMILES string of the molecule is NC(=O)C(Cc1ccccc1)NS(=O)(=O)c1ccc(Cl)c(Cl)c1. The van der Waals surface area contributed by atoms with Crippen LogP contribution in [0.4, 0.5) is 0 Å². The predicted molar refractivity (Wildman–Crippen MR) is 89.9 cm³/mol. The fourth-order valence-electron chi connectivity index (χ4n) is 1.95. The van der Waals surface area contributed by atoms with Crippen LogP contribution in [0.2, 0.25) is 10.0 Å². The van der Waals surface area contributed by atoms with Gasteiger partial charge in [-0.15, -0.1) is 0 Å². The summed E-state index contributed by atoms with van der Waals surface area (Å²) >= 11 is 11.6. The lowest BCUT2D eigenvalue weighted by molar-refractivity contribution is -0.119. The second kappa shape index (κ2) is 7.31. The largest absolute Gasteiger partial charge is 0.368 e. The van der Waals surface area contributed by atoms with E-state index in [2.05, 4.69) is 4.72 Å². The lowest BCUT2D eigenvalue weighted by Crippen LogP contribution is -2.45. The molecule has 0 aromatic heterocycles. The van der Waals surface area contributed by atoms with Crippen molar-refractivity contribution < 1.29 is 13.2 Å². The number of hydrogen-bond acceptors (Lipinski definition) is 3. The highest BCUT2D eigenvalue weighted by Gasteiger charge is 2.24. The summed E-state index contributed by atoms with van der Waals surface area (Å²) in [7, 11) is -3.96. The molecule has 2 aromatic rings. The van der Waals surface area contributed by atoms with Crippen LogP contribution in [0.1, 0.15) is 5.56 Å².